The molecule has 2 aliphatic carbocycles. The normalized spacial score (nSPS) is 22.5. The van der Waals surface area contributed by atoms with Crippen LogP contribution < -0.4 is 10.0 Å². The number of carbonyl (C=O) groups is 2. The first-order valence-electron chi connectivity index (χ1n) is 10.9. The van der Waals surface area contributed by atoms with E-state index in [2.05, 4.69) is 16.1 Å². The van der Waals surface area contributed by atoms with E-state index in [-0.39, 0.29) is 6.42 Å². The molecule has 0 bridgehead atoms. The van der Waals surface area contributed by atoms with Gasteiger partial charge in [-0.05, 0) is 87.0 Å². The summed E-state index contributed by atoms with van der Waals surface area (Å²) in [7, 11) is -3.99. The van der Waals surface area contributed by atoms with Gasteiger partial charge in [-0.1, -0.05) is 12.1 Å². The highest BCUT2D eigenvalue weighted by Crippen LogP contribution is 2.38. The minimum atomic E-state index is -3.99. The number of sulfonamides is 1. The predicted molar refractivity (Wildman–Crippen MR) is 118 cm³/mol. The molecule has 3 amide bonds. The van der Waals surface area contributed by atoms with Crippen molar-refractivity contribution in [1.29, 1.82) is 0 Å². The molecular formula is C22H29N3O5S. The minimum Gasteiger partial charge on any atom is -0.465 e. The van der Waals surface area contributed by atoms with Crippen molar-refractivity contribution in [3.63, 3.8) is 0 Å². The molecule has 0 spiro atoms. The van der Waals surface area contributed by atoms with Crippen LogP contribution in [0.2, 0.25) is 0 Å². The van der Waals surface area contributed by atoms with Crippen molar-refractivity contribution in [2.24, 2.45) is 0 Å². The molecule has 1 fully saturated rings. The minimum absolute atomic E-state index is 0.265. The van der Waals surface area contributed by atoms with E-state index in [0.717, 1.165) is 67.2 Å². The molecule has 1 heterocycles. The molecule has 1 aromatic rings. The second kappa shape index (κ2) is 8.18. The summed E-state index contributed by atoms with van der Waals surface area (Å²) in [6, 6.07) is 1.48. The van der Waals surface area contributed by atoms with Crippen molar-refractivity contribution in [3.8, 4) is 0 Å². The van der Waals surface area contributed by atoms with Gasteiger partial charge in [-0.3, -0.25) is 0 Å². The summed E-state index contributed by atoms with van der Waals surface area (Å²) in [6.45, 7) is 2.25. The van der Waals surface area contributed by atoms with Gasteiger partial charge in [0.1, 0.15) is 0 Å². The first kappa shape index (κ1) is 21.7. The Labute approximate surface area is 182 Å². The number of benzene rings is 1. The fourth-order valence-electron chi connectivity index (χ4n) is 5.26. The maximum Gasteiger partial charge on any atom is 0.407 e. The van der Waals surface area contributed by atoms with Crippen molar-refractivity contribution in [3.05, 3.63) is 39.8 Å². The van der Waals surface area contributed by atoms with Gasteiger partial charge >= 0.3 is 12.1 Å². The van der Waals surface area contributed by atoms with Crippen molar-refractivity contribution < 1.29 is 23.1 Å². The van der Waals surface area contributed by atoms with E-state index in [9.17, 15) is 23.1 Å². The molecule has 3 N–H and O–H groups in total. The Bertz CT molecular complexity index is 1020. The number of aryl methyl sites for hydroxylation is 2. The number of rotatable bonds is 5. The molecule has 4 rings (SSSR count). The summed E-state index contributed by atoms with van der Waals surface area (Å²) in [5.74, 6) is 0. The molecule has 8 nitrogen and oxygen atoms in total. The molecule has 168 valence electrons. The van der Waals surface area contributed by atoms with Crippen LogP contribution in [0, 0.1) is 0 Å². The second-order valence-electron chi connectivity index (χ2n) is 8.95. The molecule has 1 unspecified atom stereocenters. The number of amides is 3. The molecular weight excluding hydrogens is 418 g/mol. The Balaban J connectivity index is 1.42. The zero-order valence-corrected chi connectivity index (χ0v) is 18.6. The third kappa shape index (κ3) is 4.42. The lowest BCUT2D eigenvalue weighted by Crippen LogP contribution is -2.44. The molecule has 0 aromatic heterocycles. The number of urea groups is 1. The smallest absolute Gasteiger partial charge is 0.407 e. The van der Waals surface area contributed by atoms with Gasteiger partial charge in [0.25, 0.3) is 10.0 Å². The monoisotopic (exact) mass is 447 g/mol. The molecule has 9 heteroatoms. The summed E-state index contributed by atoms with van der Waals surface area (Å²) in [6.07, 6.45) is 7.96. The summed E-state index contributed by atoms with van der Waals surface area (Å²) in [5.41, 5.74) is 4.93. The molecule has 31 heavy (non-hydrogen) atoms. The summed E-state index contributed by atoms with van der Waals surface area (Å²) >= 11 is 0. The Morgan fingerprint density at radius 1 is 1.13 bits per heavy atom. The zero-order valence-electron chi connectivity index (χ0n) is 17.7. The third-order valence-electron chi connectivity index (χ3n) is 6.76. The number of fused-ring (bicyclic) bond motifs is 2. The molecule has 0 radical (unpaired) electrons. The average molecular weight is 448 g/mol. The maximum absolute atomic E-state index is 12.5. The Morgan fingerprint density at radius 2 is 1.77 bits per heavy atom. The SMILES string of the molecule is CC1(CC=CS(=O)(=O)NC(=O)Nc2c3c(cc4c2CCC4)CCC3)CCCN1C(=O)O. The van der Waals surface area contributed by atoms with Crippen molar-refractivity contribution in [2.75, 3.05) is 11.9 Å². The topological polar surface area (TPSA) is 116 Å². The third-order valence-corrected chi connectivity index (χ3v) is 7.78. The van der Waals surface area contributed by atoms with Crippen LogP contribution in [0.5, 0.6) is 0 Å². The largest absolute Gasteiger partial charge is 0.465 e. The lowest BCUT2D eigenvalue weighted by Gasteiger charge is -2.32. The van der Waals surface area contributed by atoms with Crippen LogP contribution in [0.1, 0.15) is 61.3 Å². The van der Waals surface area contributed by atoms with Crippen molar-refractivity contribution >= 4 is 27.8 Å². The fraction of sp³-hybridized carbons (Fsp3) is 0.545. The van der Waals surface area contributed by atoms with Crippen LogP contribution in [0.4, 0.5) is 15.3 Å². The van der Waals surface area contributed by atoms with E-state index in [4.69, 9.17) is 0 Å². The molecule has 3 aliphatic rings. The highest BCUT2D eigenvalue weighted by atomic mass is 32.2. The molecule has 0 saturated carbocycles. The van der Waals surface area contributed by atoms with E-state index in [1.165, 1.54) is 22.1 Å². The standard InChI is InChI=1S/C22H29N3O5S/c1-22(10-4-12-25(22)21(27)28)11-5-13-31(29,30)24-20(26)23-19-17-8-2-6-15(17)14-16-7-3-9-18(16)19/h5,13-14H,2-4,6-12H2,1H3,(H,27,28)(H2,23,24,26). The molecule has 1 aliphatic heterocycles. The van der Waals surface area contributed by atoms with Gasteiger partial charge in [-0.2, -0.15) is 0 Å². The lowest BCUT2D eigenvalue weighted by atomic mass is 9.95. The van der Waals surface area contributed by atoms with E-state index >= 15 is 0 Å². The number of carboxylic acid groups (broad SMARTS) is 1. The van der Waals surface area contributed by atoms with Crippen LogP contribution in [-0.4, -0.2) is 42.6 Å². The van der Waals surface area contributed by atoms with E-state index < -0.39 is 27.7 Å². The number of hydrogen-bond acceptors (Lipinski definition) is 4. The Kier molecular flexibility index (Phi) is 5.72. The van der Waals surface area contributed by atoms with Gasteiger partial charge in [0.15, 0.2) is 0 Å². The van der Waals surface area contributed by atoms with Gasteiger partial charge in [0.05, 0.1) is 0 Å². The lowest BCUT2D eigenvalue weighted by molar-refractivity contribution is 0.111. The first-order chi connectivity index (χ1) is 14.7. The average Bonchev–Trinajstić information content (AvgIpc) is 3.40. The van der Waals surface area contributed by atoms with Crippen molar-refractivity contribution in [1.82, 2.24) is 9.62 Å². The maximum atomic E-state index is 12.5. The summed E-state index contributed by atoms with van der Waals surface area (Å²) < 4.78 is 26.9. The number of carbonyl (C=O) groups excluding carboxylic acids is 1. The molecule has 1 saturated heterocycles. The predicted octanol–water partition coefficient (Wildman–Crippen LogP) is 3.55. The van der Waals surface area contributed by atoms with E-state index in [0.29, 0.717) is 13.0 Å². The molecule has 1 atom stereocenters. The summed E-state index contributed by atoms with van der Waals surface area (Å²) in [5, 5.41) is 13.1. The molecule has 1 aromatic carbocycles. The van der Waals surface area contributed by atoms with Crippen LogP contribution in [-0.2, 0) is 35.7 Å². The first-order valence-corrected chi connectivity index (χ1v) is 12.4. The highest BCUT2D eigenvalue weighted by molar-refractivity contribution is 7.92. The summed E-state index contributed by atoms with van der Waals surface area (Å²) in [4.78, 5) is 25.3. The van der Waals surface area contributed by atoms with Gasteiger partial charge in [0.2, 0.25) is 0 Å². The fourth-order valence-corrected chi connectivity index (χ4v) is 5.99. The van der Waals surface area contributed by atoms with E-state index in [1.54, 1.807) is 0 Å². The number of likely N-dealkylation sites (tertiary alicyclic amines) is 1. The van der Waals surface area contributed by atoms with Crippen LogP contribution in [0.3, 0.4) is 0 Å². The Morgan fingerprint density at radius 3 is 2.39 bits per heavy atom. The zero-order chi connectivity index (χ0) is 22.2. The Hall–Kier alpha value is -2.55. The highest BCUT2D eigenvalue weighted by Gasteiger charge is 2.38. The van der Waals surface area contributed by atoms with Crippen molar-refractivity contribution in [2.45, 2.75) is 70.3 Å². The van der Waals surface area contributed by atoms with Gasteiger partial charge < -0.3 is 15.3 Å². The quantitative estimate of drug-likeness (QED) is 0.638. The van der Waals surface area contributed by atoms with Gasteiger partial charge in [-0.15, -0.1) is 0 Å². The van der Waals surface area contributed by atoms with Gasteiger partial charge in [0, 0.05) is 23.2 Å². The van der Waals surface area contributed by atoms with Gasteiger partial charge in [-0.25, -0.2) is 22.7 Å². The van der Waals surface area contributed by atoms with Crippen LogP contribution in [0.25, 0.3) is 0 Å². The van der Waals surface area contributed by atoms with Crippen LogP contribution >= 0.6 is 0 Å². The van der Waals surface area contributed by atoms with E-state index in [1.807, 2.05) is 6.92 Å². The number of nitrogens with one attached hydrogen (secondary N) is 2. The second-order valence-corrected chi connectivity index (χ2v) is 10.5. The number of anilines is 1. The van der Waals surface area contributed by atoms with Crippen LogP contribution in [0.15, 0.2) is 17.6 Å². The number of hydrogen-bond donors (Lipinski definition) is 3. The number of nitrogens with zero attached hydrogens (tertiary/aromatic N) is 1.